The van der Waals surface area contributed by atoms with Crippen molar-refractivity contribution in [3.05, 3.63) is 46.9 Å². The van der Waals surface area contributed by atoms with Gasteiger partial charge in [-0.05, 0) is 54.7 Å². The van der Waals surface area contributed by atoms with Gasteiger partial charge in [-0.1, -0.05) is 13.8 Å². The van der Waals surface area contributed by atoms with E-state index in [9.17, 15) is 9.59 Å². The molecule has 2 aromatic rings. The molecule has 5 nitrogen and oxygen atoms in total. The third kappa shape index (κ3) is 3.35. The monoisotopic (exact) mass is 326 g/mol. The van der Waals surface area contributed by atoms with E-state index in [1.165, 1.54) is 0 Å². The number of benzene rings is 1. The van der Waals surface area contributed by atoms with E-state index in [0.717, 1.165) is 48.3 Å². The lowest BCUT2D eigenvalue weighted by atomic mass is 10.1. The highest BCUT2D eigenvalue weighted by Crippen LogP contribution is 2.26. The average molecular weight is 326 g/mol. The van der Waals surface area contributed by atoms with Crippen LogP contribution in [-0.2, 0) is 24.1 Å². The Morgan fingerprint density at radius 3 is 2.75 bits per heavy atom. The minimum Gasteiger partial charge on any atom is -0.456 e. The van der Waals surface area contributed by atoms with Crippen molar-refractivity contribution in [2.24, 2.45) is 0 Å². The Hall–Kier alpha value is -2.56. The molecule has 5 heteroatoms. The first kappa shape index (κ1) is 16.3. The van der Waals surface area contributed by atoms with Gasteiger partial charge in [0.05, 0.1) is 0 Å². The van der Waals surface area contributed by atoms with Crippen LogP contribution in [0.15, 0.2) is 28.7 Å². The zero-order chi connectivity index (χ0) is 17.1. The largest absolute Gasteiger partial charge is 0.456 e. The molecule has 2 amide bonds. The van der Waals surface area contributed by atoms with E-state index < -0.39 is 0 Å². The molecule has 3 rings (SSSR count). The predicted molar refractivity (Wildman–Crippen MR) is 93.4 cm³/mol. The van der Waals surface area contributed by atoms with Crippen molar-refractivity contribution in [1.82, 2.24) is 0 Å². The SMILES string of the molecule is CCc1cc(C(=O)Nc2ccc3c(c2)CCCC(=O)N3)oc1CC. The number of amides is 2. The second-order valence-electron chi connectivity index (χ2n) is 5.99. The fourth-order valence-corrected chi connectivity index (χ4v) is 3.02. The summed E-state index contributed by atoms with van der Waals surface area (Å²) >= 11 is 0. The molecule has 0 unspecified atom stereocenters. The number of nitrogens with one attached hydrogen (secondary N) is 2. The van der Waals surface area contributed by atoms with Crippen LogP contribution in [0.4, 0.5) is 11.4 Å². The van der Waals surface area contributed by atoms with E-state index >= 15 is 0 Å². The van der Waals surface area contributed by atoms with Gasteiger partial charge in [0.2, 0.25) is 5.91 Å². The first-order valence-electron chi connectivity index (χ1n) is 8.46. The van der Waals surface area contributed by atoms with Gasteiger partial charge in [0, 0.05) is 24.2 Å². The molecule has 1 aromatic carbocycles. The highest BCUT2D eigenvalue weighted by molar-refractivity contribution is 6.03. The second kappa shape index (κ2) is 6.91. The summed E-state index contributed by atoms with van der Waals surface area (Å²) in [6, 6.07) is 7.37. The summed E-state index contributed by atoms with van der Waals surface area (Å²) in [5, 5.41) is 5.77. The molecule has 0 saturated heterocycles. The zero-order valence-electron chi connectivity index (χ0n) is 14.1. The number of carbonyl (C=O) groups excluding carboxylic acids is 2. The molecule has 0 atom stereocenters. The summed E-state index contributed by atoms with van der Waals surface area (Å²) in [5.74, 6) is 1.00. The molecule has 1 aliphatic rings. The van der Waals surface area contributed by atoms with Crippen molar-refractivity contribution in [3.63, 3.8) is 0 Å². The smallest absolute Gasteiger partial charge is 0.291 e. The summed E-state index contributed by atoms with van der Waals surface area (Å²) in [7, 11) is 0. The molecule has 0 bridgehead atoms. The van der Waals surface area contributed by atoms with E-state index in [1.54, 1.807) is 6.07 Å². The summed E-state index contributed by atoms with van der Waals surface area (Å²) in [6.07, 6.45) is 3.78. The molecular weight excluding hydrogens is 304 g/mol. The molecule has 0 aliphatic carbocycles. The second-order valence-corrected chi connectivity index (χ2v) is 5.99. The Morgan fingerprint density at radius 1 is 1.21 bits per heavy atom. The highest BCUT2D eigenvalue weighted by atomic mass is 16.4. The van der Waals surface area contributed by atoms with Crippen LogP contribution >= 0.6 is 0 Å². The lowest BCUT2D eigenvalue weighted by Crippen LogP contribution is -2.12. The van der Waals surface area contributed by atoms with Crippen molar-refractivity contribution < 1.29 is 14.0 Å². The maximum Gasteiger partial charge on any atom is 0.291 e. The van der Waals surface area contributed by atoms with Crippen molar-refractivity contribution in [2.75, 3.05) is 10.6 Å². The minimum atomic E-state index is -0.248. The van der Waals surface area contributed by atoms with Crippen molar-refractivity contribution >= 4 is 23.2 Å². The van der Waals surface area contributed by atoms with Crippen LogP contribution in [0.2, 0.25) is 0 Å². The number of fused-ring (bicyclic) bond motifs is 1. The summed E-state index contributed by atoms with van der Waals surface area (Å²) in [5.41, 5.74) is 3.66. The lowest BCUT2D eigenvalue weighted by Gasteiger charge is -2.10. The average Bonchev–Trinajstić information content (AvgIpc) is 2.91. The number of carbonyl (C=O) groups is 2. The van der Waals surface area contributed by atoms with Crippen LogP contribution in [0, 0.1) is 0 Å². The van der Waals surface area contributed by atoms with E-state index in [0.29, 0.717) is 17.9 Å². The molecule has 126 valence electrons. The molecule has 1 aliphatic heterocycles. The summed E-state index contributed by atoms with van der Waals surface area (Å²) in [6.45, 7) is 4.06. The molecular formula is C19H22N2O3. The van der Waals surface area contributed by atoms with E-state index in [4.69, 9.17) is 4.42 Å². The number of rotatable bonds is 4. The molecule has 2 heterocycles. The standard InChI is InChI=1S/C19H22N2O3/c1-3-12-11-17(24-16(12)4-2)19(23)20-14-8-9-15-13(10-14)6-5-7-18(22)21-15/h8-11H,3-7H2,1-2H3,(H,20,23)(H,21,22). The van der Waals surface area contributed by atoms with Crippen LogP contribution in [0.1, 0.15) is 54.1 Å². The van der Waals surface area contributed by atoms with Crippen molar-refractivity contribution in [1.29, 1.82) is 0 Å². The van der Waals surface area contributed by atoms with Crippen LogP contribution in [-0.4, -0.2) is 11.8 Å². The van der Waals surface area contributed by atoms with E-state index in [-0.39, 0.29) is 11.8 Å². The maximum atomic E-state index is 12.4. The van der Waals surface area contributed by atoms with Crippen molar-refractivity contribution in [2.45, 2.75) is 46.0 Å². The molecule has 2 N–H and O–H groups in total. The molecule has 1 aromatic heterocycles. The molecule has 0 fully saturated rings. The molecule has 0 radical (unpaired) electrons. The quantitative estimate of drug-likeness (QED) is 0.894. The fourth-order valence-electron chi connectivity index (χ4n) is 3.02. The summed E-state index contributed by atoms with van der Waals surface area (Å²) < 4.78 is 5.67. The van der Waals surface area contributed by atoms with Crippen LogP contribution < -0.4 is 10.6 Å². The third-order valence-corrected chi connectivity index (χ3v) is 4.31. The third-order valence-electron chi connectivity index (χ3n) is 4.31. The van der Waals surface area contributed by atoms with E-state index in [1.807, 2.05) is 32.0 Å². The number of anilines is 2. The Kier molecular flexibility index (Phi) is 4.69. The van der Waals surface area contributed by atoms with Gasteiger partial charge in [0.15, 0.2) is 5.76 Å². The Bertz CT molecular complexity index is 755. The topological polar surface area (TPSA) is 71.3 Å². The number of hydrogen-bond acceptors (Lipinski definition) is 3. The van der Waals surface area contributed by atoms with Gasteiger partial charge in [-0.25, -0.2) is 0 Å². The van der Waals surface area contributed by atoms with Gasteiger partial charge in [-0.3, -0.25) is 9.59 Å². The van der Waals surface area contributed by atoms with Gasteiger partial charge in [-0.15, -0.1) is 0 Å². The fraction of sp³-hybridized carbons (Fsp3) is 0.368. The normalized spacial score (nSPS) is 13.8. The highest BCUT2D eigenvalue weighted by Gasteiger charge is 2.17. The maximum absolute atomic E-state index is 12.4. The number of aryl methyl sites for hydroxylation is 3. The Balaban J connectivity index is 1.78. The molecule has 24 heavy (non-hydrogen) atoms. The lowest BCUT2D eigenvalue weighted by molar-refractivity contribution is -0.116. The van der Waals surface area contributed by atoms with Gasteiger partial charge in [0.1, 0.15) is 5.76 Å². The molecule has 0 spiro atoms. The zero-order valence-corrected chi connectivity index (χ0v) is 14.1. The van der Waals surface area contributed by atoms with Gasteiger partial charge in [0.25, 0.3) is 5.91 Å². The molecule has 0 saturated carbocycles. The Morgan fingerprint density at radius 2 is 2.04 bits per heavy atom. The Labute approximate surface area is 141 Å². The van der Waals surface area contributed by atoms with Gasteiger partial charge in [-0.2, -0.15) is 0 Å². The van der Waals surface area contributed by atoms with Crippen molar-refractivity contribution in [3.8, 4) is 0 Å². The van der Waals surface area contributed by atoms with Gasteiger partial charge >= 0.3 is 0 Å². The predicted octanol–water partition coefficient (Wildman–Crippen LogP) is 3.93. The van der Waals surface area contributed by atoms with Crippen LogP contribution in [0.3, 0.4) is 0 Å². The van der Waals surface area contributed by atoms with Crippen LogP contribution in [0.25, 0.3) is 0 Å². The number of furan rings is 1. The first-order valence-corrected chi connectivity index (χ1v) is 8.46. The first-order chi connectivity index (χ1) is 11.6. The summed E-state index contributed by atoms with van der Waals surface area (Å²) in [4.78, 5) is 24.0. The van der Waals surface area contributed by atoms with E-state index in [2.05, 4.69) is 10.6 Å². The van der Waals surface area contributed by atoms with Gasteiger partial charge < -0.3 is 15.1 Å². The van der Waals surface area contributed by atoms with Crippen LogP contribution in [0.5, 0.6) is 0 Å². The minimum absolute atomic E-state index is 0.0420. The number of hydrogen-bond donors (Lipinski definition) is 2.